The van der Waals surface area contributed by atoms with Gasteiger partial charge in [-0.1, -0.05) is 23.4 Å². The van der Waals surface area contributed by atoms with Crippen LogP contribution in [0.2, 0.25) is 0 Å². The summed E-state index contributed by atoms with van der Waals surface area (Å²) in [5.74, 6) is 0.263. The van der Waals surface area contributed by atoms with E-state index in [0.29, 0.717) is 48.8 Å². The van der Waals surface area contributed by atoms with E-state index in [0.717, 1.165) is 12.1 Å². The van der Waals surface area contributed by atoms with Crippen LogP contribution in [0.25, 0.3) is 11.1 Å². The van der Waals surface area contributed by atoms with Gasteiger partial charge in [0.2, 0.25) is 5.95 Å². The van der Waals surface area contributed by atoms with Gasteiger partial charge in [0.1, 0.15) is 12.4 Å². The molecule has 1 saturated heterocycles. The Morgan fingerprint density at radius 2 is 2.00 bits per heavy atom. The molecule has 144 valence electrons. The predicted octanol–water partition coefficient (Wildman–Crippen LogP) is 2.39. The maximum Gasteiger partial charge on any atom is 0.225 e. The number of nitrogens with zero attached hydrogens (tertiary/aromatic N) is 4. The second kappa shape index (κ2) is 9.38. The highest BCUT2D eigenvalue weighted by molar-refractivity contribution is 5.98. The lowest BCUT2D eigenvalue weighted by Gasteiger charge is -2.31. The third-order valence-electron chi connectivity index (χ3n) is 4.19. The zero-order valence-electron chi connectivity index (χ0n) is 15.3. The van der Waals surface area contributed by atoms with Crippen molar-refractivity contribution in [2.75, 3.05) is 38.3 Å². The van der Waals surface area contributed by atoms with Crippen LogP contribution in [0, 0.1) is 5.82 Å². The summed E-state index contributed by atoms with van der Waals surface area (Å²) in [4.78, 5) is 15.8. The first-order valence-electron chi connectivity index (χ1n) is 8.85. The van der Waals surface area contributed by atoms with E-state index in [-0.39, 0.29) is 19.0 Å². The summed E-state index contributed by atoms with van der Waals surface area (Å²) in [5, 5.41) is 12.8. The van der Waals surface area contributed by atoms with Gasteiger partial charge in [0.25, 0.3) is 0 Å². The molecule has 0 amide bonds. The van der Waals surface area contributed by atoms with Crippen LogP contribution in [-0.2, 0) is 16.2 Å². The molecule has 2 aromatic rings. The topological polar surface area (TPSA) is 80.1 Å². The Kier molecular flexibility index (Phi) is 6.67. The van der Waals surface area contributed by atoms with Crippen molar-refractivity contribution in [3.05, 3.63) is 42.0 Å². The molecule has 0 saturated carbocycles. The Morgan fingerprint density at radius 3 is 2.70 bits per heavy atom. The monoisotopic (exact) mass is 374 g/mol. The van der Waals surface area contributed by atoms with Crippen molar-refractivity contribution in [2.45, 2.75) is 19.4 Å². The molecule has 3 rings (SSSR count). The fourth-order valence-corrected chi connectivity index (χ4v) is 2.70. The van der Waals surface area contributed by atoms with Crippen molar-refractivity contribution in [1.29, 1.82) is 0 Å². The second-order valence-electron chi connectivity index (χ2n) is 6.26. The maximum atomic E-state index is 14.5. The van der Waals surface area contributed by atoms with Gasteiger partial charge in [-0.05, 0) is 12.8 Å². The number of hydrogen-bond donors (Lipinski definition) is 1. The minimum atomic E-state index is -0.313. The van der Waals surface area contributed by atoms with Gasteiger partial charge in [0.05, 0.1) is 25.4 Å². The lowest BCUT2D eigenvalue weighted by molar-refractivity contribution is 0.132. The number of oxime groups is 1. The van der Waals surface area contributed by atoms with E-state index < -0.39 is 0 Å². The second-order valence-corrected chi connectivity index (χ2v) is 6.26. The standard InChI is InChI=1S/C19H23FN4O3/c1-26-13-14-5-4-6-17(18(14)20)15-9-21-19(22-10-15)24-11-16(12-24)23-27-8-3-2-7-25/h4-6,9-10,25H,2-3,7-8,11-13H2,1H3. The van der Waals surface area contributed by atoms with Crippen molar-refractivity contribution in [3.63, 3.8) is 0 Å². The smallest absolute Gasteiger partial charge is 0.225 e. The first-order chi connectivity index (χ1) is 13.2. The number of aliphatic hydroxyl groups excluding tert-OH is 1. The summed E-state index contributed by atoms with van der Waals surface area (Å²) >= 11 is 0. The molecule has 0 spiro atoms. The van der Waals surface area contributed by atoms with Crippen LogP contribution >= 0.6 is 0 Å². The van der Waals surface area contributed by atoms with Gasteiger partial charge in [0, 0.05) is 42.8 Å². The van der Waals surface area contributed by atoms with E-state index in [1.165, 1.54) is 7.11 Å². The van der Waals surface area contributed by atoms with Gasteiger partial charge in [-0.2, -0.15) is 0 Å². The molecule has 8 heteroatoms. The number of methoxy groups -OCH3 is 1. The molecule has 0 unspecified atom stereocenters. The molecule has 1 N–H and O–H groups in total. The van der Waals surface area contributed by atoms with Crippen LogP contribution < -0.4 is 4.90 Å². The maximum absolute atomic E-state index is 14.5. The molecular formula is C19H23FN4O3. The van der Waals surface area contributed by atoms with E-state index in [9.17, 15) is 4.39 Å². The normalized spacial score (nSPS) is 13.4. The number of anilines is 1. The zero-order valence-corrected chi connectivity index (χ0v) is 15.3. The zero-order chi connectivity index (χ0) is 19.1. The summed E-state index contributed by atoms with van der Waals surface area (Å²) < 4.78 is 19.6. The van der Waals surface area contributed by atoms with Gasteiger partial charge in [-0.15, -0.1) is 0 Å². The van der Waals surface area contributed by atoms with Crippen LogP contribution in [0.4, 0.5) is 10.3 Å². The van der Waals surface area contributed by atoms with Crippen LogP contribution in [0.15, 0.2) is 35.7 Å². The Labute approximate surface area is 157 Å². The molecule has 27 heavy (non-hydrogen) atoms. The number of halogens is 1. The molecule has 0 bridgehead atoms. The molecule has 1 aliphatic rings. The highest BCUT2D eigenvalue weighted by Gasteiger charge is 2.25. The number of aromatic nitrogens is 2. The summed E-state index contributed by atoms with van der Waals surface area (Å²) in [5.41, 5.74) is 2.50. The fraction of sp³-hybridized carbons (Fsp3) is 0.421. The molecule has 2 heterocycles. The Bertz CT molecular complexity index is 775. The highest BCUT2D eigenvalue weighted by Crippen LogP contribution is 2.25. The first-order valence-corrected chi connectivity index (χ1v) is 8.85. The minimum absolute atomic E-state index is 0.168. The van der Waals surface area contributed by atoms with Gasteiger partial charge < -0.3 is 19.6 Å². The fourth-order valence-electron chi connectivity index (χ4n) is 2.70. The SMILES string of the molecule is COCc1cccc(-c2cnc(N3CC(=NOCCCCO)C3)nc2)c1F. The van der Waals surface area contributed by atoms with E-state index in [1.54, 1.807) is 30.6 Å². The molecule has 7 nitrogen and oxygen atoms in total. The summed E-state index contributed by atoms with van der Waals surface area (Å²) in [6.45, 7) is 2.11. The Balaban J connectivity index is 1.58. The van der Waals surface area contributed by atoms with Gasteiger partial charge >= 0.3 is 0 Å². The lowest BCUT2D eigenvalue weighted by Crippen LogP contribution is -2.48. The number of rotatable bonds is 9. The molecule has 0 atom stereocenters. The number of benzene rings is 1. The first kappa shape index (κ1) is 19.2. The van der Waals surface area contributed by atoms with Gasteiger partial charge in [-0.3, -0.25) is 0 Å². The Morgan fingerprint density at radius 1 is 1.22 bits per heavy atom. The third-order valence-corrected chi connectivity index (χ3v) is 4.19. The Hall–Kier alpha value is -2.58. The molecule has 0 radical (unpaired) electrons. The highest BCUT2D eigenvalue weighted by atomic mass is 19.1. The van der Waals surface area contributed by atoms with E-state index in [2.05, 4.69) is 15.1 Å². The van der Waals surface area contributed by atoms with Crippen molar-refractivity contribution < 1.29 is 19.1 Å². The molecule has 1 aliphatic heterocycles. The third kappa shape index (κ3) is 4.78. The predicted molar refractivity (Wildman–Crippen MR) is 100 cm³/mol. The summed E-state index contributed by atoms with van der Waals surface area (Å²) in [6.07, 6.45) is 4.74. The average Bonchev–Trinajstić information content (AvgIpc) is 2.65. The van der Waals surface area contributed by atoms with Crippen molar-refractivity contribution in [3.8, 4) is 11.1 Å². The van der Waals surface area contributed by atoms with Crippen molar-refractivity contribution >= 4 is 11.7 Å². The summed E-state index contributed by atoms with van der Waals surface area (Å²) in [7, 11) is 1.54. The van der Waals surface area contributed by atoms with Crippen LogP contribution in [0.1, 0.15) is 18.4 Å². The molecule has 0 aliphatic carbocycles. The van der Waals surface area contributed by atoms with Crippen molar-refractivity contribution in [2.24, 2.45) is 5.16 Å². The average molecular weight is 374 g/mol. The van der Waals surface area contributed by atoms with Gasteiger partial charge in [0.15, 0.2) is 0 Å². The summed E-state index contributed by atoms with van der Waals surface area (Å²) in [6, 6.07) is 5.19. The molecule has 1 aromatic carbocycles. The van der Waals surface area contributed by atoms with Crippen LogP contribution in [-0.4, -0.2) is 54.2 Å². The number of unbranched alkanes of at least 4 members (excludes halogenated alkanes) is 1. The van der Waals surface area contributed by atoms with E-state index >= 15 is 0 Å². The largest absolute Gasteiger partial charge is 0.396 e. The molecule has 1 fully saturated rings. The van der Waals surface area contributed by atoms with Gasteiger partial charge in [-0.25, -0.2) is 14.4 Å². The number of ether oxygens (including phenoxy) is 1. The molecular weight excluding hydrogens is 351 g/mol. The quantitative estimate of drug-likeness (QED) is 0.536. The number of aliphatic hydroxyl groups is 1. The molecule has 1 aromatic heterocycles. The number of hydrogen-bond acceptors (Lipinski definition) is 7. The van der Waals surface area contributed by atoms with Crippen molar-refractivity contribution in [1.82, 2.24) is 9.97 Å². The van der Waals surface area contributed by atoms with Crippen LogP contribution in [0.5, 0.6) is 0 Å². The van der Waals surface area contributed by atoms with Crippen LogP contribution in [0.3, 0.4) is 0 Å². The minimum Gasteiger partial charge on any atom is -0.396 e. The van der Waals surface area contributed by atoms with E-state index in [1.807, 2.05) is 4.90 Å². The van der Waals surface area contributed by atoms with E-state index in [4.69, 9.17) is 14.7 Å². The lowest BCUT2D eigenvalue weighted by atomic mass is 10.1.